The summed E-state index contributed by atoms with van der Waals surface area (Å²) in [7, 11) is 0. The number of nitrogens with zero attached hydrogens (tertiary/aromatic N) is 2. The van der Waals surface area contributed by atoms with Crippen LogP contribution >= 0.6 is 0 Å². The van der Waals surface area contributed by atoms with Gasteiger partial charge in [0.2, 0.25) is 6.23 Å². The number of rotatable bonds is 0. The summed E-state index contributed by atoms with van der Waals surface area (Å²) >= 11 is 0. The molecule has 0 aromatic carbocycles. The first-order chi connectivity index (χ1) is 6.18. The monoisotopic (exact) mass is 180 g/mol. The van der Waals surface area contributed by atoms with Gasteiger partial charge in [-0.2, -0.15) is 0 Å². The van der Waals surface area contributed by atoms with Gasteiger partial charge in [-0.3, -0.25) is 4.79 Å². The van der Waals surface area contributed by atoms with Crippen LogP contribution < -0.4 is 10.6 Å². The van der Waals surface area contributed by atoms with Crippen molar-refractivity contribution in [3.8, 4) is 0 Å². The molecule has 68 valence electrons. The number of carbonyl (C=O) groups is 1. The number of aliphatic hydroxyl groups is 1. The highest BCUT2D eigenvalue weighted by atomic mass is 16.3. The van der Waals surface area contributed by atoms with Crippen LogP contribution in [0.15, 0.2) is 6.33 Å². The molecule has 1 aliphatic heterocycles. The molecule has 0 radical (unpaired) electrons. The van der Waals surface area contributed by atoms with Crippen molar-refractivity contribution in [2.75, 3.05) is 10.6 Å². The minimum Gasteiger partial charge on any atom is -0.365 e. The van der Waals surface area contributed by atoms with Gasteiger partial charge < -0.3 is 15.7 Å². The molecule has 13 heavy (non-hydrogen) atoms. The standard InChI is InChI=1S/C7H8N4O2/c1-3-4-5(9-2-8-3)11-7(13)6(12)10-4/h2,7,13H,1H3,(H,10,12)(H,8,9,11). The Morgan fingerprint density at radius 2 is 2.31 bits per heavy atom. The van der Waals surface area contributed by atoms with Crippen molar-refractivity contribution in [3.63, 3.8) is 0 Å². The first-order valence-electron chi connectivity index (χ1n) is 3.75. The summed E-state index contributed by atoms with van der Waals surface area (Å²) in [6.07, 6.45) is 0.132. The predicted molar refractivity (Wildman–Crippen MR) is 45.0 cm³/mol. The molecule has 1 aromatic heterocycles. The molecule has 1 aromatic rings. The van der Waals surface area contributed by atoms with E-state index in [0.29, 0.717) is 17.2 Å². The molecule has 6 nitrogen and oxygen atoms in total. The van der Waals surface area contributed by atoms with Crippen molar-refractivity contribution in [1.82, 2.24) is 9.97 Å². The van der Waals surface area contributed by atoms with Gasteiger partial charge in [0.25, 0.3) is 5.91 Å². The Bertz CT molecular complexity index is 366. The fourth-order valence-corrected chi connectivity index (χ4v) is 1.12. The maximum atomic E-state index is 11.0. The van der Waals surface area contributed by atoms with Crippen LogP contribution in [0.5, 0.6) is 0 Å². The van der Waals surface area contributed by atoms with Crippen LogP contribution in [0.3, 0.4) is 0 Å². The SMILES string of the molecule is Cc1ncnc2c1NC(=O)C(O)N2. The van der Waals surface area contributed by atoms with E-state index >= 15 is 0 Å². The number of amides is 1. The zero-order valence-electron chi connectivity index (χ0n) is 6.90. The fourth-order valence-electron chi connectivity index (χ4n) is 1.12. The van der Waals surface area contributed by atoms with Crippen molar-refractivity contribution in [1.29, 1.82) is 0 Å². The Morgan fingerprint density at radius 1 is 1.54 bits per heavy atom. The van der Waals surface area contributed by atoms with Gasteiger partial charge in [0, 0.05) is 0 Å². The number of aryl methyl sites for hydroxylation is 1. The van der Waals surface area contributed by atoms with Crippen LogP contribution in [0, 0.1) is 6.92 Å². The smallest absolute Gasteiger partial charge is 0.274 e. The lowest BCUT2D eigenvalue weighted by Gasteiger charge is -2.22. The maximum absolute atomic E-state index is 11.0. The van der Waals surface area contributed by atoms with Crippen molar-refractivity contribution < 1.29 is 9.90 Å². The number of fused-ring (bicyclic) bond motifs is 1. The minimum absolute atomic E-state index is 0.444. The van der Waals surface area contributed by atoms with Crippen molar-refractivity contribution >= 4 is 17.4 Å². The maximum Gasteiger partial charge on any atom is 0.274 e. The molecule has 0 fully saturated rings. The quantitative estimate of drug-likeness (QED) is 0.499. The second-order valence-electron chi connectivity index (χ2n) is 2.72. The van der Waals surface area contributed by atoms with Crippen LogP contribution in [-0.2, 0) is 4.79 Å². The summed E-state index contributed by atoms with van der Waals surface area (Å²) in [6, 6.07) is 0. The first-order valence-corrected chi connectivity index (χ1v) is 3.75. The number of hydrogen-bond acceptors (Lipinski definition) is 5. The highest BCUT2D eigenvalue weighted by molar-refractivity contribution is 6.01. The molecule has 0 saturated carbocycles. The Hall–Kier alpha value is -1.69. The summed E-state index contributed by atoms with van der Waals surface area (Å²) in [5.74, 6) is -0.0509. The average Bonchev–Trinajstić information content (AvgIpc) is 2.09. The number of anilines is 2. The normalized spacial score (nSPS) is 20.2. The predicted octanol–water partition coefficient (Wildman–Crippen LogP) is -0.533. The zero-order chi connectivity index (χ0) is 9.42. The number of nitrogens with one attached hydrogen (secondary N) is 2. The summed E-state index contributed by atoms with van der Waals surface area (Å²) in [5.41, 5.74) is 1.19. The van der Waals surface area contributed by atoms with E-state index in [0.717, 1.165) is 0 Å². The van der Waals surface area contributed by atoms with E-state index in [1.54, 1.807) is 6.92 Å². The molecule has 3 N–H and O–H groups in total. The van der Waals surface area contributed by atoms with Crippen molar-refractivity contribution in [2.24, 2.45) is 0 Å². The fraction of sp³-hybridized carbons (Fsp3) is 0.286. The number of aromatic nitrogens is 2. The van der Waals surface area contributed by atoms with E-state index in [4.69, 9.17) is 5.11 Å². The summed E-state index contributed by atoms with van der Waals surface area (Å²) in [6.45, 7) is 1.75. The van der Waals surface area contributed by atoms with Gasteiger partial charge in [-0.25, -0.2) is 9.97 Å². The molecule has 1 amide bonds. The van der Waals surface area contributed by atoms with Gasteiger partial charge in [-0.05, 0) is 6.92 Å². The van der Waals surface area contributed by atoms with Crippen molar-refractivity contribution in [3.05, 3.63) is 12.0 Å². The molecule has 1 aliphatic rings. The van der Waals surface area contributed by atoms with Crippen LogP contribution in [-0.4, -0.2) is 27.2 Å². The summed E-state index contributed by atoms with van der Waals surface area (Å²) in [4.78, 5) is 18.8. The third kappa shape index (κ3) is 1.20. The Kier molecular flexibility index (Phi) is 1.63. The molecule has 0 saturated heterocycles. The Balaban J connectivity index is 2.48. The van der Waals surface area contributed by atoms with Crippen LogP contribution in [0.25, 0.3) is 0 Å². The number of aliphatic hydroxyl groups excluding tert-OH is 1. The topological polar surface area (TPSA) is 87.1 Å². The van der Waals surface area contributed by atoms with Gasteiger partial charge in [-0.15, -0.1) is 0 Å². The van der Waals surface area contributed by atoms with Gasteiger partial charge >= 0.3 is 0 Å². The minimum atomic E-state index is -1.23. The number of hydrogen-bond donors (Lipinski definition) is 3. The lowest BCUT2D eigenvalue weighted by molar-refractivity contribution is -0.123. The summed E-state index contributed by atoms with van der Waals surface area (Å²) < 4.78 is 0. The summed E-state index contributed by atoms with van der Waals surface area (Å²) in [5, 5.41) is 14.2. The lowest BCUT2D eigenvalue weighted by atomic mass is 10.3. The van der Waals surface area contributed by atoms with E-state index in [1.807, 2.05) is 0 Å². The Morgan fingerprint density at radius 3 is 3.08 bits per heavy atom. The van der Waals surface area contributed by atoms with Gasteiger partial charge in [0.05, 0.1) is 5.69 Å². The van der Waals surface area contributed by atoms with E-state index in [-0.39, 0.29) is 0 Å². The third-order valence-corrected chi connectivity index (χ3v) is 1.81. The zero-order valence-corrected chi connectivity index (χ0v) is 6.90. The molecule has 0 bridgehead atoms. The molecule has 2 rings (SSSR count). The molecule has 6 heteroatoms. The Labute approximate surface area is 74.0 Å². The highest BCUT2D eigenvalue weighted by Crippen LogP contribution is 2.24. The average molecular weight is 180 g/mol. The second-order valence-corrected chi connectivity index (χ2v) is 2.72. The van der Waals surface area contributed by atoms with E-state index in [2.05, 4.69) is 20.6 Å². The molecule has 1 atom stereocenters. The largest absolute Gasteiger partial charge is 0.365 e. The molecular formula is C7H8N4O2. The first kappa shape index (κ1) is 7.93. The second kappa shape index (κ2) is 2.67. The molecule has 0 spiro atoms. The van der Waals surface area contributed by atoms with Gasteiger partial charge in [0.15, 0.2) is 5.82 Å². The molecule has 2 heterocycles. The van der Waals surface area contributed by atoms with Gasteiger partial charge in [-0.1, -0.05) is 0 Å². The number of carbonyl (C=O) groups excluding carboxylic acids is 1. The van der Waals surface area contributed by atoms with Crippen LogP contribution in [0.4, 0.5) is 11.5 Å². The van der Waals surface area contributed by atoms with E-state index < -0.39 is 12.1 Å². The lowest BCUT2D eigenvalue weighted by Crippen LogP contribution is -2.39. The molecule has 0 aliphatic carbocycles. The van der Waals surface area contributed by atoms with Crippen LogP contribution in [0.2, 0.25) is 0 Å². The van der Waals surface area contributed by atoms with E-state index in [1.165, 1.54) is 6.33 Å². The van der Waals surface area contributed by atoms with Gasteiger partial charge in [0.1, 0.15) is 12.0 Å². The molecule has 1 unspecified atom stereocenters. The highest BCUT2D eigenvalue weighted by Gasteiger charge is 2.25. The third-order valence-electron chi connectivity index (χ3n) is 1.81. The molecular weight excluding hydrogens is 172 g/mol. The van der Waals surface area contributed by atoms with Crippen molar-refractivity contribution in [2.45, 2.75) is 13.2 Å². The van der Waals surface area contributed by atoms with E-state index in [9.17, 15) is 4.79 Å². The van der Waals surface area contributed by atoms with Crippen LogP contribution in [0.1, 0.15) is 5.69 Å².